The third-order valence-corrected chi connectivity index (χ3v) is 7.46. The summed E-state index contributed by atoms with van der Waals surface area (Å²) in [5.41, 5.74) is 3.31. The summed E-state index contributed by atoms with van der Waals surface area (Å²) in [6, 6.07) is 15.4. The lowest BCUT2D eigenvalue weighted by atomic mass is 9.77. The van der Waals surface area contributed by atoms with Crippen molar-refractivity contribution in [1.82, 2.24) is 0 Å². The Bertz CT molecular complexity index is 933. The van der Waals surface area contributed by atoms with Crippen molar-refractivity contribution in [2.24, 2.45) is 5.92 Å². The number of rotatable bonds is 12. The molecule has 0 radical (unpaired) electrons. The van der Waals surface area contributed by atoms with Crippen LogP contribution < -0.4 is 4.74 Å². The van der Waals surface area contributed by atoms with E-state index in [1.165, 1.54) is 82.6 Å². The normalized spacial score (nSPS) is 17.8. The van der Waals surface area contributed by atoms with E-state index >= 15 is 0 Å². The zero-order chi connectivity index (χ0) is 24.2. The van der Waals surface area contributed by atoms with E-state index < -0.39 is 5.97 Å². The molecule has 0 bridgehead atoms. The Labute approximate surface area is 206 Å². The van der Waals surface area contributed by atoms with Crippen LogP contribution in [-0.2, 0) is 6.42 Å². The second-order valence-electron chi connectivity index (χ2n) is 9.94. The average molecular weight is 460 g/mol. The summed E-state index contributed by atoms with van der Waals surface area (Å²) in [7, 11) is 0. The number of unbranched alkanes of at least 4 members (excludes halogenated alkanes) is 6. The molecule has 0 saturated heterocycles. The number of carbonyl (C=O) groups is 1. The Kier molecular flexibility index (Phi) is 10.7. The fraction of sp³-hybridized carbons (Fsp3) is 0.548. The number of nitrogens with zero attached hydrogens (tertiary/aromatic N) is 1. The largest absolute Gasteiger partial charge is 0.422 e. The van der Waals surface area contributed by atoms with E-state index in [4.69, 9.17) is 4.74 Å². The predicted molar refractivity (Wildman–Crippen MR) is 139 cm³/mol. The number of hydrogen-bond donors (Lipinski definition) is 0. The molecule has 3 heteroatoms. The summed E-state index contributed by atoms with van der Waals surface area (Å²) in [6.45, 7) is 4.31. The smallest absolute Gasteiger partial charge is 0.343 e. The van der Waals surface area contributed by atoms with Gasteiger partial charge in [-0.3, -0.25) is 0 Å². The highest BCUT2D eigenvalue weighted by molar-refractivity contribution is 5.91. The zero-order valence-corrected chi connectivity index (χ0v) is 21.2. The lowest BCUT2D eigenvalue weighted by Gasteiger charge is -2.29. The summed E-state index contributed by atoms with van der Waals surface area (Å²) < 4.78 is 5.53. The molecular weight excluding hydrogens is 418 g/mol. The molecule has 2 aromatic carbocycles. The van der Waals surface area contributed by atoms with E-state index in [0.29, 0.717) is 22.8 Å². The molecular formula is C31H41NO2. The first-order chi connectivity index (χ1) is 16.6. The number of hydrogen-bond acceptors (Lipinski definition) is 3. The van der Waals surface area contributed by atoms with Gasteiger partial charge in [-0.15, -0.1) is 0 Å². The van der Waals surface area contributed by atoms with Crippen molar-refractivity contribution in [3.63, 3.8) is 0 Å². The molecule has 1 fully saturated rings. The van der Waals surface area contributed by atoms with Gasteiger partial charge in [0.05, 0.1) is 11.1 Å². The van der Waals surface area contributed by atoms with Crippen LogP contribution in [-0.4, -0.2) is 5.97 Å². The van der Waals surface area contributed by atoms with Gasteiger partial charge in [0.2, 0.25) is 0 Å². The van der Waals surface area contributed by atoms with Gasteiger partial charge in [0.15, 0.2) is 0 Å². The first-order valence-corrected chi connectivity index (χ1v) is 13.5. The van der Waals surface area contributed by atoms with Gasteiger partial charge in [0, 0.05) is 0 Å². The number of nitriles is 1. The van der Waals surface area contributed by atoms with Gasteiger partial charge in [-0.25, -0.2) is 4.79 Å². The van der Waals surface area contributed by atoms with Gasteiger partial charge in [-0.2, -0.15) is 5.26 Å². The standard InChI is InChI=1S/C31H41NO2/c1-3-5-6-7-8-9-10-11-25-12-15-26(16-13-25)27-17-19-28(20-18-27)31(33)34-30-21-14-24(4-2)22-29(30)23-32/h14,17-22,25-26H,3-13,15-16H2,1-2H3. The van der Waals surface area contributed by atoms with E-state index in [2.05, 4.69) is 25.1 Å². The van der Waals surface area contributed by atoms with Crippen molar-refractivity contribution in [1.29, 1.82) is 5.26 Å². The van der Waals surface area contributed by atoms with Gasteiger partial charge < -0.3 is 4.74 Å². The van der Waals surface area contributed by atoms with Gasteiger partial charge in [0.25, 0.3) is 0 Å². The van der Waals surface area contributed by atoms with Gasteiger partial charge in [-0.05, 0) is 79.3 Å². The van der Waals surface area contributed by atoms with Crippen molar-refractivity contribution in [2.45, 2.75) is 103 Å². The first kappa shape index (κ1) is 26.0. The van der Waals surface area contributed by atoms with Crippen LogP contribution >= 0.6 is 0 Å². The molecule has 1 aliphatic rings. The lowest BCUT2D eigenvalue weighted by molar-refractivity contribution is 0.0734. The maximum Gasteiger partial charge on any atom is 0.343 e. The van der Waals surface area contributed by atoms with Crippen molar-refractivity contribution >= 4 is 5.97 Å². The molecule has 1 saturated carbocycles. The minimum Gasteiger partial charge on any atom is -0.422 e. The van der Waals surface area contributed by atoms with Gasteiger partial charge in [-0.1, -0.05) is 83.4 Å². The fourth-order valence-electron chi connectivity index (χ4n) is 5.20. The zero-order valence-electron chi connectivity index (χ0n) is 21.2. The molecule has 0 spiro atoms. The van der Waals surface area contributed by atoms with Crippen LogP contribution in [0.2, 0.25) is 0 Å². The van der Waals surface area contributed by atoms with Crippen molar-refractivity contribution < 1.29 is 9.53 Å². The Balaban J connectivity index is 1.44. The third kappa shape index (κ3) is 7.73. The summed E-state index contributed by atoms with van der Waals surface area (Å²) in [6.07, 6.45) is 17.1. The fourth-order valence-corrected chi connectivity index (χ4v) is 5.20. The molecule has 182 valence electrons. The van der Waals surface area contributed by atoms with E-state index in [-0.39, 0.29) is 0 Å². The summed E-state index contributed by atoms with van der Waals surface area (Å²) >= 11 is 0. The maximum atomic E-state index is 12.6. The lowest BCUT2D eigenvalue weighted by Crippen LogP contribution is -2.14. The Hall–Kier alpha value is -2.60. The van der Waals surface area contributed by atoms with E-state index in [1.807, 2.05) is 25.1 Å². The number of benzene rings is 2. The Morgan fingerprint density at radius 3 is 2.24 bits per heavy atom. The van der Waals surface area contributed by atoms with Crippen LogP contribution in [0.15, 0.2) is 42.5 Å². The molecule has 0 atom stereocenters. The molecule has 1 aliphatic carbocycles. The Morgan fingerprint density at radius 1 is 0.912 bits per heavy atom. The minimum atomic E-state index is -0.411. The third-order valence-electron chi connectivity index (χ3n) is 7.46. The number of aryl methyl sites for hydroxylation is 1. The second-order valence-corrected chi connectivity index (χ2v) is 9.94. The van der Waals surface area contributed by atoms with E-state index in [0.717, 1.165) is 17.9 Å². The molecule has 0 heterocycles. The molecule has 0 aliphatic heterocycles. The Morgan fingerprint density at radius 2 is 1.59 bits per heavy atom. The topological polar surface area (TPSA) is 50.1 Å². The van der Waals surface area contributed by atoms with Crippen molar-refractivity contribution in [3.8, 4) is 11.8 Å². The van der Waals surface area contributed by atoms with Crippen LogP contribution in [0.4, 0.5) is 0 Å². The van der Waals surface area contributed by atoms with E-state index in [1.54, 1.807) is 12.1 Å². The maximum absolute atomic E-state index is 12.6. The molecule has 0 unspecified atom stereocenters. The average Bonchev–Trinajstić information content (AvgIpc) is 2.89. The summed E-state index contributed by atoms with van der Waals surface area (Å²) in [5, 5.41) is 9.38. The molecule has 0 aromatic heterocycles. The molecule has 0 N–H and O–H groups in total. The molecule has 3 rings (SSSR count). The highest BCUT2D eigenvalue weighted by atomic mass is 16.5. The number of esters is 1. The second kappa shape index (κ2) is 14.0. The highest BCUT2D eigenvalue weighted by Crippen LogP contribution is 2.38. The number of carbonyl (C=O) groups excluding carboxylic acids is 1. The predicted octanol–water partition coefficient (Wildman–Crippen LogP) is 8.75. The van der Waals surface area contributed by atoms with Crippen LogP contribution in [0.1, 0.15) is 124 Å². The monoisotopic (exact) mass is 459 g/mol. The van der Waals surface area contributed by atoms with Crippen LogP contribution in [0.3, 0.4) is 0 Å². The van der Waals surface area contributed by atoms with Gasteiger partial charge >= 0.3 is 5.97 Å². The van der Waals surface area contributed by atoms with Crippen LogP contribution in [0.5, 0.6) is 5.75 Å². The number of ether oxygens (including phenoxy) is 1. The highest BCUT2D eigenvalue weighted by Gasteiger charge is 2.22. The van der Waals surface area contributed by atoms with Gasteiger partial charge in [0.1, 0.15) is 11.8 Å². The summed E-state index contributed by atoms with van der Waals surface area (Å²) in [5.74, 6) is 1.41. The minimum absolute atomic E-state index is 0.327. The molecule has 0 amide bonds. The molecule has 2 aromatic rings. The quantitative estimate of drug-likeness (QED) is 0.181. The molecule has 34 heavy (non-hydrogen) atoms. The van der Waals surface area contributed by atoms with Crippen molar-refractivity contribution in [2.75, 3.05) is 0 Å². The first-order valence-electron chi connectivity index (χ1n) is 13.5. The van der Waals surface area contributed by atoms with Crippen LogP contribution in [0.25, 0.3) is 0 Å². The SMILES string of the molecule is CCCCCCCCCC1CCC(c2ccc(C(=O)Oc3ccc(CC)cc3C#N)cc2)CC1. The van der Waals surface area contributed by atoms with Crippen molar-refractivity contribution in [3.05, 3.63) is 64.7 Å². The summed E-state index contributed by atoms with van der Waals surface area (Å²) in [4.78, 5) is 12.6. The van der Waals surface area contributed by atoms with Crippen LogP contribution in [0, 0.1) is 17.2 Å². The molecule has 3 nitrogen and oxygen atoms in total. The van der Waals surface area contributed by atoms with E-state index in [9.17, 15) is 10.1 Å².